The van der Waals surface area contributed by atoms with Crippen LogP contribution in [-0.2, 0) is 35.4 Å². The highest BCUT2D eigenvalue weighted by molar-refractivity contribution is 7.16. The van der Waals surface area contributed by atoms with Crippen molar-refractivity contribution in [3.63, 3.8) is 0 Å². The Balaban J connectivity index is 1.42. The maximum absolute atomic E-state index is 12.1. The number of ether oxygens (including phenoxy) is 1. The highest BCUT2D eigenvalue weighted by Crippen LogP contribution is 2.23. The molecule has 2 heterocycles. The average Bonchev–Trinajstić information content (AvgIpc) is 3.18. The summed E-state index contributed by atoms with van der Waals surface area (Å²) in [5.74, 6) is -0.298. The number of aromatic nitrogens is 3. The molecule has 0 saturated carbocycles. The van der Waals surface area contributed by atoms with Crippen molar-refractivity contribution in [2.45, 2.75) is 39.2 Å². The Morgan fingerprint density at radius 1 is 1.28 bits per heavy atom. The van der Waals surface area contributed by atoms with Crippen LogP contribution in [0.2, 0.25) is 0 Å². The lowest BCUT2D eigenvalue weighted by Gasteiger charge is -2.05. The minimum absolute atomic E-state index is 0.0519. The second kappa shape index (κ2) is 6.40. The number of aryl methyl sites for hydroxylation is 3. The molecule has 1 aliphatic carbocycles. The fourth-order valence-corrected chi connectivity index (χ4v) is 3.97. The Morgan fingerprint density at radius 2 is 2.12 bits per heavy atom. The molecule has 0 atom stereocenters. The molecule has 7 heteroatoms. The van der Waals surface area contributed by atoms with Crippen molar-refractivity contribution < 1.29 is 9.53 Å². The van der Waals surface area contributed by atoms with Crippen LogP contribution in [0, 0.1) is 6.92 Å². The van der Waals surface area contributed by atoms with Crippen molar-refractivity contribution in [2.75, 3.05) is 0 Å². The number of fused-ring (bicyclic) bond motifs is 2. The molecule has 0 bridgehead atoms. The third-order valence-electron chi connectivity index (χ3n) is 4.28. The van der Waals surface area contributed by atoms with Crippen LogP contribution in [0.25, 0.3) is 4.96 Å². The molecular formula is C18H17N3O3S. The van der Waals surface area contributed by atoms with Gasteiger partial charge in [-0.1, -0.05) is 29.5 Å². The first-order chi connectivity index (χ1) is 12.1. The summed E-state index contributed by atoms with van der Waals surface area (Å²) in [6.45, 7) is 1.81. The van der Waals surface area contributed by atoms with Crippen molar-refractivity contribution in [3.8, 4) is 0 Å². The maximum Gasteiger partial charge on any atom is 0.310 e. The van der Waals surface area contributed by atoms with Gasteiger partial charge in [0.05, 0.1) is 6.42 Å². The topological polar surface area (TPSA) is 73.6 Å². The number of rotatable bonds is 4. The number of hydrogen-bond donors (Lipinski definition) is 0. The molecule has 25 heavy (non-hydrogen) atoms. The van der Waals surface area contributed by atoms with E-state index in [9.17, 15) is 9.59 Å². The number of hydrogen-bond acceptors (Lipinski definition) is 6. The predicted octanol–water partition coefficient (Wildman–Crippen LogP) is 2.23. The summed E-state index contributed by atoms with van der Waals surface area (Å²) >= 11 is 1.25. The van der Waals surface area contributed by atoms with Gasteiger partial charge in [-0.15, -0.1) is 0 Å². The first-order valence-corrected chi connectivity index (χ1v) is 9.03. The number of carbonyl (C=O) groups excluding carboxylic acids is 1. The van der Waals surface area contributed by atoms with E-state index in [4.69, 9.17) is 4.74 Å². The van der Waals surface area contributed by atoms with E-state index in [-0.39, 0.29) is 24.6 Å². The highest BCUT2D eigenvalue weighted by atomic mass is 32.1. The summed E-state index contributed by atoms with van der Waals surface area (Å²) in [5.41, 5.74) is 4.13. The largest absolute Gasteiger partial charge is 0.458 e. The van der Waals surface area contributed by atoms with Crippen molar-refractivity contribution in [1.82, 2.24) is 14.6 Å². The fraction of sp³-hybridized carbons (Fsp3) is 0.333. The van der Waals surface area contributed by atoms with Crippen molar-refractivity contribution in [1.29, 1.82) is 0 Å². The molecule has 0 aliphatic heterocycles. The van der Waals surface area contributed by atoms with Crippen LogP contribution in [0.1, 0.15) is 33.8 Å². The van der Waals surface area contributed by atoms with Crippen LogP contribution >= 0.6 is 11.3 Å². The van der Waals surface area contributed by atoms with Gasteiger partial charge in [-0.25, -0.2) is 4.98 Å². The number of esters is 1. The van der Waals surface area contributed by atoms with E-state index in [2.05, 4.69) is 22.2 Å². The summed E-state index contributed by atoms with van der Waals surface area (Å²) in [6, 6.07) is 7.64. The summed E-state index contributed by atoms with van der Waals surface area (Å²) < 4.78 is 6.55. The van der Waals surface area contributed by atoms with Crippen LogP contribution in [0.3, 0.4) is 0 Å². The lowest BCUT2D eigenvalue weighted by atomic mass is 10.0. The zero-order chi connectivity index (χ0) is 17.4. The molecule has 2 aromatic heterocycles. The Hall–Kier alpha value is -2.54. The summed E-state index contributed by atoms with van der Waals surface area (Å²) in [6.07, 6.45) is 3.65. The second-order valence-corrected chi connectivity index (χ2v) is 7.26. The lowest BCUT2D eigenvalue weighted by Crippen LogP contribution is -2.14. The molecule has 1 aromatic carbocycles. The standard InChI is InChI=1S/C18H17N3O3S/c1-11-7-16(22)21-18(19-11)25-15(20-21)10-24-17(23)9-12-5-6-13-3-2-4-14(13)8-12/h5-8H,2-4,9-10H2,1H3. The minimum atomic E-state index is -0.298. The molecule has 0 unspecified atom stereocenters. The van der Waals surface area contributed by atoms with Gasteiger partial charge in [0.25, 0.3) is 5.56 Å². The SMILES string of the molecule is Cc1cc(=O)n2nc(COC(=O)Cc3ccc4c(c3)CCC4)sc2n1. The number of nitrogens with zero attached hydrogens (tertiary/aromatic N) is 3. The predicted molar refractivity (Wildman–Crippen MR) is 93.8 cm³/mol. The molecule has 1 aliphatic rings. The van der Waals surface area contributed by atoms with Gasteiger partial charge in [-0.2, -0.15) is 9.61 Å². The zero-order valence-corrected chi connectivity index (χ0v) is 14.6. The van der Waals surface area contributed by atoms with Gasteiger partial charge in [0.2, 0.25) is 4.96 Å². The van der Waals surface area contributed by atoms with Gasteiger partial charge in [0.15, 0.2) is 5.01 Å². The molecule has 3 aromatic rings. The molecule has 0 fully saturated rings. The average molecular weight is 355 g/mol. The quantitative estimate of drug-likeness (QED) is 0.671. The molecule has 0 N–H and O–H groups in total. The van der Waals surface area contributed by atoms with Gasteiger partial charge in [0.1, 0.15) is 6.61 Å². The van der Waals surface area contributed by atoms with Crippen molar-refractivity contribution >= 4 is 22.3 Å². The van der Waals surface area contributed by atoms with Gasteiger partial charge in [-0.05, 0) is 42.9 Å². The monoisotopic (exact) mass is 355 g/mol. The smallest absolute Gasteiger partial charge is 0.310 e. The number of carbonyl (C=O) groups is 1. The molecule has 0 amide bonds. The van der Waals surface area contributed by atoms with Crippen LogP contribution in [0.4, 0.5) is 0 Å². The highest BCUT2D eigenvalue weighted by Gasteiger charge is 2.14. The van der Waals surface area contributed by atoms with E-state index in [1.54, 1.807) is 6.92 Å². The molecule has 0 spiro atoms. The Morgan fingerprint density at radius 3 is 3.00 bits per heavy atom. The van der Waals surface area contributed by atoms with Crippen molar-refractivity contribution in [2.24, 2.45) is 0 Å². The van der Waals surface area contributed by atoms with Gasteiger partial charge in [-0.3, -0.25) is 9.59 Å². The zero-order valence-electron chi connectivity index (χ0n) is 13.8. The number of benzene rings is 1. The Labute approximate surface area is 148 Å². The van der Waals surface area contributed by atoms with Crippen LogP contribution in [0.15, 0.2) is 29.1 Å². The lowest BCUT2D eigenvalue weighted by molar-refractivity contribution is -0.144. The molecule has 4 rings (SSSR count). The van der Waals surface area contributed by atoms with E-state index >= 15 is 0 Å². The molecule has 0 radical (unpaired) electrons. The molecule has 6 nitrogen and oxygen atoms in total. The summed E-state index contributed by atoms with van der Waals surface area (Å²) in [5, 5.41) is 4.72. The van der Waals surface area contributed by atoms with Crippen LogP contribution in [0.5, 0.6) is 0 Å². The minimum Gasteiger partial charge on any atom is -0.458 e. The van der Waals surface area contributed by atoms with Crippen molar-refractivity contribution in [3.05, 3.63) is 62.0 Å². The summed E-state index contributed by atoms with van der Waals surface area (Å²) in [4.78, 5) is 28.7. The van der Waals surface area contributed by atoms with Crippen LogP contribution in [-0.4, -0.2) is 20.6 Å². The third kappa shape index (κ3) is 3.32. The maximum atomic E-state index is 12.1. The molecule has 0 saturated heterocycles. The normalized spacial score (nSPS) is 13.2. The van der Waals surface area contributed by atoms with E-state index < -0.39 is 0 Å². The van der Waals surface area contributed by atoms with E-state index in [0.717, 1.165) is 18.4 Å². The van der Waals surface area contributed by atoms with Crippen LogP contribution < -0.4 is 5.56 Å². The Kier molecular flexibility index (Phi) is 4.09. The molecule has 128 valence electrons. The van der Waals surface area contributed by atoms with Gasteiger partial charge in [0, 0.05) is 11.8 Å². The van der Waals surface area contributed by atoms with E-state index in [1.165, 1.54) is 39.5 Å². The third-order valence-corrected chi connectivity index (χ3v) is 5.16. The van der Waals surface area contributed by atoms with E-state index in [0.29, 0.717) is 15.7 Å². The first kappa shape index (κ1) is 16.0. The fourth-order valence-electron chi connectivity index (χ4n) is 3.11. The first-order valence-electron chi connectivity index (χ1n) is 8.21. The summed E-state index contributed by atoms with van der Waals surface area (Å²) in [7, 11) is 0. The van der Waals surface area contributed by atoms with Gasteiger partial charge >= 0.3 is 5.97 Å². The second-order valence-electron chi connectivity index (χ2n) is 6.22. The van der Waals surface area contributed by atoms with Gasteiger partial charge < -0.3 is 4.74 Å². The van der Waals surface area contributed by atoms with E-state index in [1.807, 2.05) is 6.07 Å². The molecular weight excluding hydrogens is 338 g/mol. The Bertz CT molecular complexity index is 1020.